The number of ether oxygens (including phenoxy) is 2. The smallest absolute Gasteiger partial charge is 0.340 e. The number of aromatic nitrogens is 1. The van der Waals surface area contributed by atoms with E-state index in [0.717, 1.165) is 0 Å². The molecule has 0 amide bonds. The zero-order chi connectivity index (χ0) is 29.4. The molecule has 206 valence electrons. The van der Waals surface area contributed by atoms with E-state index in [1.165, 1.54) is 6.26 Å². The third kappa shape index (κ3) is 6.68. The second-order valence-electron chi connectivity index (χ2n) is 7.43. The highest BCUT2D eigenvalue weighted by Gasteiger charge is 2.30. The fraction of sp³-hybridized carbons (Fsp3) is 0.261. The van der Waals surface area contributed by atoms with Crippen LogP contribution in [-0.2, 0) is 9.47 Å². The number of nitro benzene ring substituents is 3. The molecular formula is C23H22N4O12. The number of furan rings is 1. The number of carbonyl (C=O) groups excluding carboxylic acids is 2. The van der Waals surface area contributed by atoms with E-state index in [9.17, 15) is 39.9 Å². The van der Waals surface area contributed by atoms with Gasteiger partial charge in [-0.3, -0.25) is 35.3 Å². The van der Waals surface area contributed by atoms with Gasteiger partial charge in [-0.2, -0.15) is 0 Å². The quantitative estimate of drug-likeness (QED) is 0.234. The molecular weight excluding hydrogens is 524 g/mol. The number of rotatable bonds is 8. The number of pyridine rings is 1. The van der Waals surface area contributed by atoms with Gasteiger partial charge in [0.25, 0.3) is 11.4 Å². The van der Waals surface area contributed by atoms with Crippen molar-refractivity contribution in [3.8, 4) is 17.1 Å². The lowest BCUT2D eigenvalue weighted by molar-refractivity contribution is -0.404. The van der Waals surface area contributed by atoms with Gasteiger partial charge < -0.3 is 19.0 Å². The van der Waals surface area contributed by atoms with Crippen LogP contribution in [-0.4, -0.2) is 50.0 Å². The number of hydrogen-bond donors (Lipinski definition) is 1. The molecule has 2 aromatic heterocycles. The molecule has 0 aliphatic rings. The lowest BCUT2D eigenvalue weighted by atomic mass is 9.96. The molecule has 0 bridgehead atoms. The zero-order valence-electron chi connectivity index (χ0n) is 21.0. The summed E-state index contributed by atoms with van der Waals surface area (Å²) >= 11 is 0. The molecule has 0 aliphatic heterocycles. The summed E-state index contributed by atoms with van der Waals surface area (Å²) < 4.78 is 15.6. The Morgan fingerprint density at radius 2 is 1.36 bits per heavy atom. The molecule has 0 spiro atoms. The molecule has 2 heterocycles. The lowest BCUT2D eigenvalue weighted by Gasteiger charge is -2.16. The number of nitrogens with zero attached hydrogens (tertiary/aromatic N) is 4. The van der Waals surface area contributed by atoms with E-state index in [-0.39, 0.29) is 24.3 Å². The lowest BCUT2D eigenvalue weighted by Crippen LogP contribution is -2.17. The van der Waals surface area contributed by atoms with Gasteiger partial charge in [0.2, 0.25) is 0 Å². The second kappa shape index (κ2) is 12.7. The molecule has 0 saturated heterocycles. The maximum absolute atomic E-state index is 12.4. The number of nitro groups is 3. The van der Waals surface area contributed by atoms with Crippen molar-refractivity contribution >= 4 is 29.0 Å². The van der Waals surface area contributed by atoms with Crippen LogP contribution in [0.3, 0.4) is 0 Å². The molecule has 0 saturated carbocycles. The summed E-state index contributed by atoms with van der Waals surface area (Å²) in [5.74, 6) is -1.91. The number of phenols is 1. The van der Waals surface area contributed by atoms with Crippen LogP contribution in [0.1, 0.15) is 46.0 Å². The molecule has 1 aromatic carbocycles. The van der Waals surface area contributed by atoms with Crippen molar-refractivity contribution in [2.24, 2.45) is 0 Å². The minimum atomic E-state index is -1.21. The summed E-state index contributed by atoms with van der Waals surface area (Å²) in [7, 11) is 0. The molecule has 0 atom stereocenters. The Kier molecular flexibility index (Phi) is 9.72. The second-order valence-corrected chi connectivity index (χ2v) is 7.43. The normalized spacial score (nSPS) is 10.2. The molecule has 0 radical (unpaired) electrons. The molecule has 16 heteroatoms. The van der Waals surface area contributed by atoms with Crippen molar-refractivity contribution in [2.75, 3.05) is 13.2 Å². The van der Waals surface area contributed by atoms with E-state index in [0.29, 0.717) is 34.8 Å². The average molecular weight is 546 g/mol. The summed E-state index contributed by atoms with van der Waals surface area (Å²) in [5, 5.41) is 40.2. The van der Waals surface area contributed by atoms with E-state index >= 15 is 0 Å². The minimum Gasteiger partial charge on any atom is -0.497 e. The van der Waals surface area contributed by atoms with Crippen LogP contribution in [0.25, 0.3) is 11.3 Å². The first-order chi connectivity index (χ1) is 18.3. The number of carbonyl (C=O) groups is 2. The van der Waals surface area contributed by atoms with Gasteiger partial charge in [-0.05, 0) is 39.8 Å². The van der Waals surface area contributed by atoms with Gasteiger partial charge in [0.15, 0.2) is 0 Å². The van der Waals surface area contributed by atoms with Crippen LogP contribution >= 0.6 is 0 Å². The number of aryl methyl sites for hydroxylation is 2. The van der Waals surface area contributed by atoms with Gasteiger partial charge in [0.1, 0.15) is 5.76 Å². The summed E-state index contributed by atoms with van der Waals surface area (Å²) in [6, 6.07) is 4.26. The Hall–Kier alpha value is -5.41. The van der Waals surface area contributed by atoms with E-state index in [4.69, 9.17) is 19.0 Å². The van der Waals surface area contributed by atoms with Crippen LogP contribution in [0.15, 0.2) is 34.9 Å². The summed E-state index contributed by atoms with van der Waals surface area (Å²) in [6.45, 7) is 7.26. The molecule has 3 rings (SSSR count). The Bertz CT molecular complexity index is 1360. The molecule has 0 fully saturated rings. The van der Waals surface area contributed by atoms with Crippen LogP contribution < -0.4 is 0 Å². The standard InChI is InChI=1S/C17H19NO5.C6H3N3O7/c1-5-21-16(19)13-10(3)18-11(4)14(17(20)22-6-2)15(13)12-8-7-9-23-12;10-6-4(8(13)14)1-3(7(11)12)2-5(6)9(15)16/h7-9H,5-6H2,1-4H3;1-2,10H. The van der Waals surface area contributed by atoms with Crippen molar-refractivity contribution in [3.05, 3.63) is 83.4 Å². The Labute approximate surface area is 219 Å². The number of aromatic hydroxyl groups is 1. The number of non-ortho nitro benzene ring substituents is 1. The van der Waals surface area contributed by atoms with Crippen molar-refractivity contribution in [3.63, 3.8) is 0 Å². The SMILES string of the molecule is CCOC(=O)c1c(C)nc(C)c(C(=O)OCC)c1-c1ccco1.O=[N+]([O-])c1cc([N+](=O)[O-])c(O)c([N+](=O)[O-])c1. The summed E-state index contributed by atoms with van der Waals surface area (Å²) in [6.07, 6.45) is 1.48. The van der Waals surface area contributed by atoms with Crippen molar-refractivity contribution in [1.29, 1.82) is 0 Å². The largest absolute Gasteiger partial charge is 0.497 e. The van der Waals surface area contributed by atoms with Crippen LogP contribution in [0, 0.1) is 44.2 Å². The number of hydrogen-bond acceptors (Lipinski definition) is 13. The number of benzene rings is 1. The third-order valence-electron chi connectivity index (χ3n) is 4.94. The van der Waals surface area contributed by atoms with Gasteiger partial charge in [-0.15, -0.1) is 0 Å². The first-order valence-corrected chi connectivity index (χ1v) is 11.0. The van der Waals surface area contributed by atoms with Crippen LogP contribution in [0.4, 0.5) is 17.1 Å². The van der Waals surface area contributed by atoms with E-state index in [2.05, 4.69) is 4.98 Å². The molecule has 1 N–H and O–H groups in total. The monoisotopic (exact) mass is 546 g/mol. The van der Waals surface area contributed by atoms with E-state index in [1.807, 2.05) is 0 Å². The highest BCUT2D eigenvalue weighted by Crippen LogP contribution is 2.39. The third-order valence-corrected chi connectivity index (χ3v) is 4.94. The maximum Gasteiger partial charge on any atom is 0.340 e. The molecule has 0 aliphatic carbocycles. The van der Waals surface area contributed by atoms with Gasteiger partial charge >= 0.3 is 23.3 Å². The fourth-order valence-corrected chi connectivity index (χ4v) is 3.40. The van der Waals surface area contributed by atoms with Crippen molar-refractivity contribution < 1.29 is 43.4 Å². The molecule has 0 unspecified atom stereocenters. The number of phenolic OH excluding ortho intramolecular Hbond substituents is 1. The van der Waals surface area contributed by atoms with Crippen molar-refractivity contribution in [1.82, 2.24) is 4.98 Å². The average Bonchev–Trinajstić information content (AvgIpc) is 3.38. The topological polar surface area (TPSA) is 228 Å². The number of esters is 2. The maximum atomic E-state index is 12.4. The molecule has 39 heavy (non-hydrogen) atoms. The Balaban J connectivity index is 0.000000293. The van der Waals surface area contributed by atoms with Gasteiger partial charge in [-0.1, -0.05) is 0 Å². The van der Waals surface area contributed by atoms with Gasteiger partial charge in [-0.25, -0.2) is 9.59 Å². The minimum absolute atomic E-state index is 0.218. The summed E-state index contributed by atoms with van der Waals surface area (Å²) in [4.78, 5) is 56.8. The predicted molar refractivity (Wildman–Crippen MR) is 131 cm³/mol. The van der Waals surface area contributed by atoms with Gasteiger partial charge in [0, 0.05) is 5.56 Å². The highest BCUT2D eigenvalue weighted by molar-refractivity contribution is 6.06. The van der Waals surface area contributed by atoms with Gasteiger partial charge in [0.05, 0.1) is 68.9 Å². The van der Waals surface area contributed by atoms with Crippen LogP contribution in [0.5, 0.6) is 5.75 Å². The zero-order valence-corrected chi connectivity index (χ0v) is 21.0. The Morgan fingerprint density at radius 3 is 1.69 bits per heavy atom. The molecule has 16 nitrogen and oxygen atoms in total. The Morgan fingerprint density at radius 1 is 0.897 bits per heavy atom. The molecule has 3 aromatic rings. The fourth-order valence-electron chi connectivity index (χ4n) is 3.40. The van der Waals surface area contributed by atoms with Crippen molar-refractivity contribution in [2.45, 2.75) is 27.7 Å². The predicted octanol–water partition coefficient (Wildman–Crippen LogP) is 4.43. The van der Waals surface area contributed by atoms with E-state index in [1.54, 1.807) is 39.8 Å². The highest BCUT2D eigenvalue weighted by atomic mass is 16.6. The first-order valence-electron chi connectivity index (χ1n) is 11.0. The van der Waals surface area contributed by atoms with Crippen LogP contribution in [0.2, 0.25) is 0 Å². The summed E-state index contributed by atoms with van der Waals surface area (Å²) in [5.41, 5.74) is -1.26. The first kappa shape index (κ1) is 29.8. The van der Waals surface area contributed by atoms with E-state index < -0.39 is 49.5 Å².